The molecule has 0 unspecified atom stereocenters. The molecule has 1 heterocycles. The highest BCUT2D eigenvalue weighted by Gasteiger charge is 2.12. The van der Waals surface area contributed by atoms with Gasteiger partial charge in [-0.15, -0.1) is 11.3 Å². The van der Waals surface area contributed by atoms with Crippen LogP contribution in [0.2, 0.25) is 0 Å². The molecule has 0 spiro atoms. The zero-order chi connectivity index (χ0) is 14.7. The van der Waals surface area contributed by atoms with E-state index in [9.17, 15) is 9.59 Å². The van der Waals surface area contributed by atoms with Gasteiger partial charge in [0.25, 0.3) is 5.91 Å². The van der Waals surface area contributed by atoms with Crippen LogP contribution in [-0.2, 0) is 6.42 Å². The van der Waals surface area contributed by atoms with Gasteiger partial charge >= 0.3 is 5.97 Å². The Labute approximate surface area is 120 Å². The number of rotatable bonds is 4. The number of anilines is 1. The van der Waals surface area contributed by atoms with Crippen LogP contribution in [0, 0.1) is 6.92 Å². The van der Waals surface area contributed by atoms with Gasteiger partial charge < -0.3 is 5.11 Å². The molecule has 1 aromatic heterocycles. The number of benzene rings is 1. The van der Waals surface area contributed by atoms with Crippen molar-refractivity contribution in [3.05, 3.63) is 46.0 Å². The Kier molecular flexibility index (Phi) is 4.14. The van der Waals surface area contributed by atoms with Crippen molar-refractivity contribution in [1.82, 2.24) is 4.98 Å². The van der Waals surface area contributed by atoms with Crippen LogP contribution in [-0.4, -0.2) is 22.0 Å². The summed E-state index contributed by atoms with van der Waals surface area (Å²) >= 11 is 1.41. The van der Waals surface area contributed by atoms with E-state index in [2.05, 4.69) is 10.3 Å². The topological polar surface area (TPSA) is 79.3 Å². The lowest BCUT2D eigenvalue weighted by atomic mass is 10.1. The van der Waals surface area contributed by atoms with Crippen LogP contribution in [0.5, 0.6) is 0 Å². The second-order valence-electron chi connectivity index (χ2n) is 4.22. The maximum atomic E-state index is 12.1. The van der Waals surface area contributed by atoms with Crippen LogP contribution in [0.15, 0.2) is 24.3 Å². The average Bonchev–Trinajstić information content (AvgIpc) is 2.78. The van der Waals surface area contributed by atoms with E-state index in [1.165, 1.54) is 23.5 Å². The first kappa shape index (κ1) is 14.2. The second-order valence-corrected chi connectivity index (χ2v) is 5.42. The van der Waals surface area contributed by atoms with E-state index < -0.39 is 5.97 Å². The number of hydrogen-bond acceptors (Lipinski definition) is 4. The first-order chi connectivity index (χ1) is 9.51. The first-order valence-corrected chi connectivity index (χ1v) is 6.94. The SMILES string of the molecule is CCc1nc(NC(=O)c2cccc(C(=O)O)c2)sc1C. The largest absolute Gasteiger partial charge is 0.478 e. The van der Waals surface area contributed by atoms with Crippen LogP contribution in [0.1, 0.15) is 38.2 Å². The number of nitrogens with zero attached hydrogens (tertiary/aromatic N) is 1. The third-order valence-corrected chi connectivity index (χ3v) is 3.75. The highest BCUT2D eigenvalue weighted by atomic mass is 32.1. The van der Waals surface area contributed by atoms with Crippen molar-refractivity contribution in [2.45, 2.75) is 20.3 Å². The standard InChI is InChI=1S/C14H14N2O3S/c1-3-11-8(2)20-14(15-11)16-12(17)9-5-4-6-10(7-9)13(18)19/h4-7H,3H2,1-2H3,(H,18,19)(H,15,16,17). The molecule has 0 radical (unpaired) electrons. The van der Waals surface area contributed by atoms with Crippen LogP contribution in [0.25, 0.3) is 0 Å². The van der Waals surface area contributed by atoms with E-state index in [1.54, 1.807) is 12.1 Å². The molecule has 1 amide bonds. The molecule has 0 saturated carbocycles. The fourth-order valence-electron chi connectivity index (χ4n) is 1.77. The maximum absolute atomic E-state index is 12.1. The summed E-state index contributed by atoms with van der Waals surface area (Å²) in [5.41, 5.74) is 1.35. The fourth-order valence-corrected chi connectivity index (χ4v) is 2.67. The number of hydrogen-bond donors (Lipinski definition) is 2. The lowest BCUT2D eigenvalue weighted by Gasteiger charge is -2.02. The molecule has 0 atom stereocenters. The quantitative estimate of drug-likeness (QED) is 0.907. The summed E-state index contributed by atoms with van der Waals surface area (Å²) in [6, 6.07) is 5.91. The summed E-state index contributed by atoms with van der Waals surface area (Å²) in [6.07, 6.45) is 0.812. The Morgan fingerprint density at radius 1 is 1.35 bits per heavy atom. The molecule has 0 fully saturated rings. The van der Waals surface area contributed by atoms with Crippen LogP contribution >= 0.6 is 11.3 Å². The molecule has 104 valence electrons. The predicted molar refractivity (Wildman–Crippen MR) is 77.6 cm³/mol. The Balaban J connectivity index is 2.19. The van der Waals surface area contributed by atoms with Crippen molar-refractivity contribution in [1.29, 1.82) is 0 Å². The first-order valence-electron chi connectivity index (χ1n) is 6.12. The van der Waals surface area contributed by atoms with Gasteiger partial charge in [0.1, 0.15) is 0 Å². The molecule has 2 rings (SSSR count). The molecule has 6 heteroatoms. The number of aromatic carboxylic acids is 1. The molecule has 20 heavy (non-hydrogen) atoms. The van der Waals surface area contributed by atoms with Crippen LogP contribution in [0.4, 0.5) is 5.13 Å². The van der Waals surface area contributed by atoms with Crippen LogP contribution < -0.4 is 5.32 Å². The van der Waals surface area contributed by atoms with E-state index in [0.717, 1.165) is 17.0 Å². The summed E-state index contributed by atoms with van der Waals surface area (Å²) in [4.78, 5) is 28.3. The molecule has 2 N–H and O–H groups in total. The normalized spacial score (nSPS) is 10.3. The number of amides is 1. The number of carboxylic acids is 1. The highest BCUT2D eigenvalue weighted by molar-refractivity contribution is 7.15. The maximum Gasteiger partial charge on any atom is 0.335 e. The zero-order valence-electron chi connectivity index (χ0n) is 11.1. The summed E-state index contributed by atoms with van der Waals surface area (Å²) in [7, 11) is 0. The number of aromatic nitrogens is 1. The van der Waals surface area contributed by atoms with Gasteiger partial charge in [0.15, 0.2) is 5.13 Å². The van der Waals surface area contributed by atoms with Crippen molar-refractivity contribution >= 4 is 28.3 Å². The zero-order valence-corrected chi connectivity index (χ0v) is 12.0. The minimum atomic E-state index is -1.06. The highest BCUT2D eigenvalue weighted by Crippen LogP contribution is 2.23. The summed E-state index contributed by atoms with van der Waals surface area (Å²) in [5.74, 6) is -1.41. The molecule has 0 saturated heterocycles. The monoisotopic (exact) mass is 290 g/mol. The van der Waals surface area contributed by atoms with Crippen LogP contribution in [0.3, 0.4) is 0 Å². The number of carbonyl (C=O) groups excluding carboxylic acids is 1. The third-order valence-electron chi connectivity index (χ3n) is 2.82. The summed E-state index contributed by atoms with van der Waals surface area (Å²) in [6.45, 7) is 3.96. The smallest absolute Gasteiger partial charge is 0.335 e. The van der Waals surface area contributed by atoms with E-state index in [0.29, 0.717) is 10.7 Å². The van der Waals surface area contributed by atoms with Gasteiger partial charge in [0.05, 0.1) is 11.3 Å². The van der Waals surface area contributed by atoms with Crippen molar-refractivity contribution in [3.63, 3.8) is 0 Å². The molecule has 0 aliphatic rings. The van der Waals surface area contributed by atoms with Gasteiger partial charge in [-0.2, -0.15) is 0 Å². The molecule has 1 aromatic carbocycles. The van der Waals surface area contributed by atoms with Crippen molar-refractivity contribution in [2.24, 2.45) is 0 Å². The fraction of sp³-hybridized carbons (Fsp3) is 0.214. The second kappa shape index (κ2) is 5.83. The Bertz CT molecular complexity index is 664. The van der Waals surface area contributed by atoms with Gasteiger partial charge in [-0.3, -0.25) is 10.1 Å². The average molecular weight is 290 g/mol. The summed E-state index contributed by atoms with van der Waals surface area (Å²) in [5, 5.41) is 12.1. The van der Waals surface area contributed by atoms with E-state index in [1.807, 2.05) is 13.8 Å². The molecular formula is C14H14N2O3S. The minimum absolute atomic E-state index is 0.0854. The molecule has 5 nitrogen and oxygen atoms in total. The van der Waals surface area contributed by atoms with Gasteiger partial charge in [-0.05, 0) is 31.5 Å². The summed E-state index contributed by atoms with van der Waals surface area (Å²) < 4.78 is 0. The number of aryl methyl sites for hydroxylation is 2. The van der Waals surface area contributed by atoms with E-state index in [-0.39, 0.29) is 11.5 Å². The van der Waals surface area contributed by atoms with E-state index in [4.69, 9.17) is 5.11 Å². The van der Waals surface area contributed by atoms with Gasteiger partial charge in [0.2, 0.25) is 0 Å². The van der Waals surface area contributed by atoms with Crippen molar-refractivity contribution < 1.29 is 14.7 Å². The van der Waals surface area contributed by atoms with Gasteiger partial charge in [-0.1, -0.05) is 13.0 Å². The Hall–Kier alpha value is -2.21. The van der Waals surface area contributed by atoms with Gasteiger partial charge in [0, 0.05) is 10.4 Å². The third kappa shape index (κ3) is 3.03. The Morgan fingerprint density at radius 2 is 2.05 bits per heavy atom. The molecule has 0 bridgehead atoms. The van der Waals surface area contributed by atoms with Gasteiger partial charge in [-0.25, -0.2) is 9.78 Å². The lowest BCUT2D eigenvalue weighted by molar-refractivity contribution is 0.0697. The molecule has 0 aliphatic carbocycles. The van der Waals surface area contributed by atoms with E-state index >= 15 is 0 Å². The predicted octanol–water partition coefficient (Wildman–Crippen LogP) is 2.96. The lowest BCUT2D eigenvalue weighted by Crippen LogP contribution is -2.12. The minimum Gasteiger partial charge on any atom is -0.478 e. The number of carboxylic acid groups (broad SMARTS) is 1. The number of nitrogens with one attached hydrogen (secondary N) is 1. The van der Waals surface area contributed by atoms with Crippen molar-refractivity contribution in [3.8, 4) is 0 Å². The number of thiazole rings is 1. The molecule has 0 aliphatic heterocycles. The molecular weight excluding hydrogens is 276 g/mol. The Morgan fingerprint density at radius 3 is 2.65 bits per heavy atom. The van der Waals surface area contributed by atoms with Crippen molar-refractivity contribution in [2.75, 3.05) is 5.32 Å². The molecule has 2 aromatic rings. The number of carbonyl (C=O) groups is 2.